The molecule has 0 aliphatic rings. The molecular weight excluding hydrogens is 358 g/mol. The van der Waals surface area contributed by atoms with E-state index in [9.17, 15) is 0 Å². The van der Waals surface area contributed by atoms with Gasteiger partial charge in [0.2, 0.25) is 5.28 Å². The predicted octanol–water partition coefficient (Wildman–Crippen LogP) is 4.43. The lowest BCUT2D eigenvalue weighted by atomic mass is 10.2. The maximum atomic E-state index is 5.80. The van der Waals surface area contributed by atoms with E-state index in [1.165, 1.54) is 0 Å². The third-order valence-electron chi connectivity index (χ3n) is 2.52. The van der Waals surface area contributed by atoms with E-state index in [1.54, 1.807) is 6.20 Å². The molecule has 0 atom stereocenters. The molecule has 1 heterocycles. The molecule has 0 amide bonds. The van der Waals surface area contributed by atoms with Crippen LogP contribution in [-0.4, -0.2) is 23.2 Å². The van der Waals surface area contributed by atoms with Gasteiger partial charge in [0.1, 0.15) is 5.82 Å². The van der Waals surface area contributed by atoms with Gasteiger partial charge in [-0.1, -0.05) is 0 Å². The highest BCUT2D eigenvalue weighted by molar-refractivity contribution is 9.10. The van der Waals surface area contributed by atoms with Crippen LogP contribution in [0.1, 0.15) is 13.8 Å². The van der Waals surface area contributed by atoms with Crippen molar-refractivity contribution < 1.29 is 9.47 Å². The fourth-order valence-corrected chi connectivity index (χ4v) is 2.12. The number of anilines is 2. The minimum absolute atomic E-state index is 0.177. The van der Waals surface area contributed by atoms with E-state index < -0.39 is 0 Å². The smallest absolute Gasteiger partial charge is 0.224 e. The monoisotopic (exact) mass is 371 g/mol. The molecule has 0 unspecified atom stereocenters. The van der Waals surface area contributed by atoms with Gasteiger partial charge < -0.3 is 14.8 Å². The lowest BCUT2D eigenvalue weighted by Crippen LogP contribution is -2.00. The molecule has 0 saturated carbocycles. The van der Waals surface area contributed by atoms with Gasteiger partial charge in [-0.2, -0.15) is 4.98 Å². The number of rotatable bonds is 6. The van der Waals surface area contributed by atoms with Crippen molar-refractivity contribution in [2.24, 2.45) is 0 Å². The largest absolute Gasteiger partial charge is 0.490 e. The summed E-state index contributed by atoms with van der Waals surface area (Å²) in [4.78, 5) is 8.02. The quantitative estimate of drug-likeness (QED) is 0.760. The molecule has 21 heavy (non-hydrogen) atoms. The van der Waals surface area contributed by atoms with Gasteiger partial charge in [0.05, 0.1) is 17.7 Å². The molecule has 1 aromatic heterocycles. The summed E-state index contributed by atoms with van der Waals surface area (Å²) in [5.41, 5.74) is 0.817. The van der Waals surface area contributed by atoms with Gasteiger partial charge in [0.15, 0.2) is 11.5 Å². The first-order valence-corrected chi connectivity index (χ1v) is 7.65. The van der Waals surface area contributed by atoms with Crippen LogP contribution in [0.2, 0.25) is 5.28 Å². The van der Waals surface area contributed by atoms with Crippen molar-refractivity contribution in [3.8, 4) is 11.5 Å². The molecule has 1 aromatic carbocycles. The second-order valence-corrected chi connectivity index (χ2v) is 5.18. The lowest BCUT2D eigenvalue weighted by molar-refractivity contribution is 0.288. The fraction of sp³-hybridized carbons (Fsp3) is 0.286. The summed E-state index contributed by atoms with van der Waals surface area (Å²) >= 11 is 9.18. The summed E-state index contributed by atoms with van der Waals surface area (Å²) in [6.07, 6.45) is 1.59. The average Bonchev–Trinajstić information content (AvgIpc) is 2.46. The molecule has 7 heteroatoms. The van der Waals surface area contributed by atoms with Crippen molar-refractivity contribution in [1.29, 1.82) is 0 Å². The molecule has 0 aliphatic heterocycles. The van der Waals surface area contributed by atoms with Crippen LogP contribution in [0.15, 0.2) is 28.9 Å². The zero-order valence-electron chi connectivity index (χ0n) is 11.7. The summed E-state index contributed by atoms with van der Waals surface area (Å²) < 4.78 is 11.8. The van der Waals surface area contributed by atoms with Gasteiger partial charge in [-0.25, -0.2) is 4.98 Å². The Balaban J connectivity index is 2.27. The Morgan fingerprint density at radius 3 is 2.62 bits per heavy atom. The summed E-state index contributed by atoms with van der Waals surface area (Å²) in [6.45, 7) is 5.00. The Kier molecular flexibility index (Phi) is 5.64. The highest BCUT2D eigenvalue weighted by Gasteiger charge is 2.09. The number of halogens is 2. The van der Waals surface area contributed by atoms with Crippen LogP contribution in [0, 0.1) is 0 Å². The second kappa shape index (κ2) is 7.47. The zero-order chi connectivity index (χ0) is 15.2. The van der Waals surface area contributed by atoms with Crippen molar-refractivity contribution in [2.45, 2.75) is 13.8 Å². The third-order valence-corrected chi connectivity index (χ3v) is 3.28. The maximum absolute atomic E-state index is 5.80. The van der Waals surface area contributed by atoms with Crippen LogP contribution < -0.4 is 14.8 Å². The van der Waals surface area contributed by atoms with Crippen molar-refractivity contribution in [3.05, 3.63) is 34.2 Å². The van der Waals surface area contributed by atoms with Gasteiger partial charge in [-0.05, 0) is 53.5 Å². The molecule has 2 rings (SSSR count). The molecule has 0 aliphatic carbocycles. The average molecular weight is 373 g/mol. The van der Waals surface area contributed by atoms with E-state index in [2.05, 4.69) is 31.2 Å². The van der Waals surface area contributed by atoms with E-state index >= 15 is 0 Å². The Labute approximate surface area is 136 Å². The third kappa shape index (κ3) is 4.22. The summed E-state index contributed by atoms with van der Waals surface area (Å²) in [5, 5.41) is 3.34. The van der Waals surface area contributed by atoms with Gasteiger partial charge >= 0.3 is 0 Å². The van der Waals surface area contributed by atoms with Crippen LogP contribution in [0.5, 0.6) is 11.5 Å². The minimum Gasteiger partial charge on any atom is -0.490 e. The molecule has 0 radical (unpaired) electrons. The van der Waals surface area contributed by atoms with E-state index in [-0.39, 0.29) is 5.28 Å². The summed E-state index contributed by atoms with van der Waals surface area (Å²) in [5.74, 6) is 1.98. The molecule has 0 bridgehead atoms. The van der Waals surface area contributed by atoms with E-state index in [4.69, 9.17) is 21.1 Å². The molecular formula is C14H15BrClN3O2. The molecule has 0 saturated heterocycles. The normalized spacial score (nSPS) is 10.3. The molecule has 5 nitrogen and oxygen atoms in total. The van der Waals surface area contributed by atoms with Crippen molar-refractivity contribution in [3.63, 3.8) is 0 Å². The Bertz CT molecular complexity index is 625. The van der Waals surface area contributed by atoms with Crippen LogP contribution in [0.4, 0.5) is 11.5 Å². The number of hydrogen-bond donors (Lipinski definition) is 1. The Morgan fingerprint density at radius 1 is 1.19 bits per heavy atom. The number of aromatic nitrogens is 2. The molecule has 112 valence electrons. The number of ether oxygens (including phenoxy) is 2. The number of benzene rings is 1. The first-order valence-electron chi connectivity index (χ1n) is 6.48. The molecule has 2 aromatic rings. The van der Waals surface area contributed by atoms with Crippen LogP contribution in [0.25, 0.3) is 0 Å². The van der Waals surface area contributed by atoms with Crippen LogP contribution >= 0.6 is 27.5 Å². The van der Waals surface area contributed by atoms with Gasteiger partial charge in [-0.3, -0.25) is 0 Å². The van der Waals surface area contributed by atoms with Crippen molar-refractivity contribution >= 4 is 39.0 Å². The Hall–Kier alpha value is -1.53. The van der Waals surface area contributed by atoms with Crippen LogP contribution in [0.3, 0.4) is 0 Å². The van der Waals surface area contributed by atoms with E-state index in [0.717, 1.165) is 10.2 Å². The molecule has 0 fully saturated rings. The topological polar surface area (TPSA) is 56.3 Å². The van der Waals surface area contributed by atoms with Gasteiger partial charge in [-0.15, -0.1) is 0 Å². The van der Waals surface area contributed by atoms with Crippen molar-refractivity contribution in [1.82, 2.24) is 9.97 Å². The van der Waals surface area contributed by atoms with Gasteiger partial charge in [0.25, 0.3) is 0 Å². The van der Waals surface area contributed by atoms with E-state index in [1.807, 2.05) is 32.0 Å². The zero-order valence-corrected chi connectivity index (χ0v) is 14.0. The molecule has 1 N–H and O–H groups in total. The first-order chi connectivity index (χ1) is 10.1. The summed E-state index contributed by atoms with van der Waals surface area (Å²) in [6, 6.07) is 5.60. The van der Waals surface area contributed by atoms with Crippen LogP contribution in [-0.2, 0) is 0 Å². The second-order valence-electron chi connectivity index (χ2n) is 3.99. The highest BCUT2D eigenvalue weighted by Crippen LogP contribution is 2.32. The minimum atomic E-state index is 0.177. The number of hydrogen-bond acceptors (Lipinski definition) is 5. The number of nitrogens with one attached hydrogen (secondary N) is 1. The first kappa shape index (κ1) is 15.9. The SMILES string of the molecule is CCOc1ccc(Nc2nc(Cl)ncc2Br)cc1OCC. The van der Waals surface area contributed by atoms with Gasteiger partial charge in [0, 0.05) is 18.0 Å². The lowest BCUT2D eigenvalue weighted by Gasteiger charge is -2.13. The molecule has 0 spiro atoms. The van der Waals surface area contributed by atoms with Crippen molar-refractivity contribution in [2.75, 3.05) is 18.5 Å². The fourth-order valence-electron chi connectivity index (χ4n) is 1.70. The maximum Gasteiger partial charge on any atom is 0.224 e. The Morgan fingerprint density at radius 2 is 1.90 bits per heavy atom. The highest BCUT2D eigenvalue weighted by atomic mass is 79.9. The number of nitrogens with zero attached hydrogens (tertiary/aromatic N) is 2. The van der Waals surface area contributed by atoms with E-state index in [0.29, 0.717) is 30.5 Å². The predicted molar refractivity (Wildman–Crippen MR) is 86.8 cm³/mol. The standard InChI is InChI=1S/C14H15BrClN3O2/c1-3-20-11-6-5-9(7-12(11)21-4-2)18-13-10(15)8-17-14(16)19-13/h5-8H,3-4H2,1-2H3,(H,17,18,19). The summed E-state index contributed by atoms with van der Waals surface area (Å²) in [7, 11) is 0.